The first-order valence-electron chi connectivity index (χ1n) is 6.33. The third-order valence-corrected chi connectivity index (χ3v) is 3.26. The first-order chi connectivity index (χ1) is 8.63. The Labute approximate surface area is 108 Å². The summed E-state index contributed by atoms with van der Waals surface area (Å²) in [5, 5.41) is 0. The van der Waals surface area contributed by atoms with Crippen LogP contribution in [0.2, 0.25) is 0 Å². The molecule has 1 aromatic rings. The fourth-order valence-corrected chi connectivity index (χ4v) is 2.09. The third kappa shape index (κ3) is 2.37. The number of likely N-dealkylation sites (N-methyl/N-ethyl adjacent to an activating group) is 1. The zero-order chi connectivity index (χ0) is 13.1. The van der Waals surface area contributed by atoms with Crippen LogP contribution in [0.4, 0.5) is 0 Å². The van der Waals surface area contributed by atoms with Crippen molar-refractivity contribution in [1.82, 2.24) is 4.90 Å². The summed E-state index contributed by atoms with van der Waals surface area (Å²) in [7, 11) is 1.65. The quantitative estimate of drug-likeness (QED) is 0.880. The molecule has 1 amide bonds. The number of guanidine groups is 1. The molecule has 0 aromatic heterocycles. The number of hydrogen-bond acceptors (Lipinski definition) is 3. The van der Waals surface area contributed by atoms with Crippen molar-refractivity contribution < 1.29 is 4.79 Å². The number of unbranched alkanes of at least 4 members (excludes halogenated alkanes) is 1. The van der Waals surface area contributed by atoms with E-state index in [2.05, 4.69) is 24.0 Å². The largest absolute Gasteiger partial charge is 0.369 e. The highest BCUT2D eigenvalue weighted by Crippen LogP contribution is 2.25. The maximum atomic E-state index is 12.0. The second-order valence-corrected chi connectivity index (χ2v) is 4.64. The Kier molecular flexibility index (Phi) is 3.65. The molecule has 2 rings (SSSR count). The Morgan fingerprint density at radius 2 is 2.22 bits per heavy atom. The molecule has 0 saturated heterocycles. The number of nitrogens with two attached hydrogens (primary N) is 1. The molecule has 0 aliphatic carbocycles. The van der Waals surface area contributed by atoms with Crippen LogP contribution in [0.5, 0.6) is 0 Å². The predicted octanol–water partition coefficient (Wildman–Crippen LogP) is 1.86. The van der Waals surface area contributed by atoms with Crippen LogP contribution in [0.25, 0.3) is 0 Å². The molecule has 0 unspecified atom stereocenters. The standard InChI is InChI=1S/C14H19N3O/c1-3-4-6-10-7-5-8-11(9-10)12-13(18)17(2)14(15)16-12/h5,7-9,12H,3-4,6H2,1-2H3,(H2,15,16)/t12-/m1/s1. The van der Waals surface area contributed by atoms with E-state index >= 15 is 0 Å². The maximum Gasteiger partial charge on any atom is 0.258 e. The normalized spacial score (nSPS) is 19.2. The van der Waals surface area contributed by atoms with Crippen LogP contribution in [0.1, 0.15) is 36.9 Å². The second kappa shape index (κ2) is 5.21. The molecule has 4 nitrogen and oxygen atoms in total. The summed E-state index contributed by atoms with van der Waals surface area (Å²) in [6, 6.07) is 7.62. The van der Waals surface area contributed by atoms with E-state index < -0.39 is 6.04 Å². The van der Waals surface area contributed by atoms with Gasteiger partial charge in [0, 0.05) is 7.05 Å². The van der Waals surface area contributed by atoms with Crippen LogP contribution in [0.15, 0.2) is 29.3 Å². The molecule has 0 fully saturated rings. The van der Waals surface area contributed by atoms with E-state index in [9.17, 15) is 4.79 Å². The lowest BCUT2D eigenvalue weighted by Crippen LogP contribution is -2.34. The fraction of sp³-hybridized carbons (Fsp3) is 0.429. The summed E-state index contributed by atoms with van der Waals surface area (Å²) in [5.74, 6) is 0.240. The van der Waals surface area contributed by atoms with Gasteiger partial charge in [-0.1, -0.05) is 37.6 Å². The Bertz CT molecular complexity index is 482. The smallest absolute Gasteiger partial charge is 0.258 e. The average Bonchev–Trinajstić information content (AvgIpc) is 2.64. The van der Waals surface area contributed by atoms with Crippen molar-refractivity contribution >= 4 is 11.9 Å². The molecule has 0 saturated carbocycles. The molecule has 1 aliphatic heterocycles. The van der Waals surface area contributed by atoms with Gasteiger partial charge >= 0.3 is 0 Å². The number of aryl methyl sites for hydroxylation is 1. The van der Waals surface area contributed by atoms with Crippen molar-refractivity contribution in [2.75, 3.05) is 7.05 Å². The van der Waals surface area contributed by atoms with Gasteiger partial charge in [-0.15, -0.1) is 0 Å². The van der Waals surface area contributed by atoms with E-state index in [0.717, 1.165) is 18.4 Å². The second-order valence-electron chi connectivity index (χ2n) is 4.64. The highest BCUT2D eigenvalue weighted by molar-refractivity contribution is 6.04. The molecule has 2 N–H and O–H groups in total. The topological polar surface area (TPSA) is 58.7 Å². The number of rotatable bonds is 4. The van der Waals surface area contributed by atoms with Gasteiger partial charge in [0.2, 0.25) is 0 Å². The lowest BCUT2D eigenvalue weighted by molar-refractivity contribution is -0.126. The van der Waals surface area contributed by atoms with Crippen LogP contribution >= 0.6 is 0 Å². The van der Waals surface area contributed by atoms with Crippen molar-refractivity contribution in [3.63, 3.8) is 0 Å². The molecule has 1 aromatic carbocycles. The van der Waals surface area contributed by atoms with Gasteiger partial charge in [-0.05, 0) is 24.0 Å². The van der Waals surface area contributed by atoms with E-state index in [1.165, 1.54) is 16.9 Å². The Morgan fingerprint density at radius 3 is 2.83 bits per heavy atom. The Balaban J connectivity index is 2.21. The van der Waals surface area contributed by atoms with Crippen LogP contribution in [0.3, 0.4) is 0 Å². The molecule has 0 radical (unpaired) electrons. The highest BCUT2D eigenvalue weighted by Gasteiger charge is 2.31. The van der Waals surface area contributed by atoms with E-state index in [1.54, 1.807) is 7.05 Å². The van der Waals surface area contributed by atoms with Gasteiger partial charge in [-0.3, -0.25) is 9.69 Å². The molecular weight excluding hydrogens is 226 g/mol. The summed E-state index contributed by atoms with van der Waals surface area (Å²) in [6.07, 6.45) is 3.37. The monoisotopic (exact) mass is 245 g/mol. The van der Waals surface area contributed by atoms with Crippen LogP contribution < -0.4 is 5.73 Å². The van der Waals surface area contributed by atoms with E-state index in [-0.39, 0.29) is 5.91 Å². The van der Waals surface area contributed by atoms with E-state index in [0.29, 0.717) is 5.96 Å². The number of benzene rings is 1. The number of amides is 1. The minimum atomic E-state index is -0.462. The molecule has 0 spiro atoms. The van der Waals surface area contributed by atoms with Crippen LogP contribution in [-0.2, 0) is 11.2 Å². The number of hydrogen-bond donors (Lipinski definition) is 1. The van der Waals surface area contributed by atoms with Crippen molar-refractivity contribution in [2.24, 2.45) is 10.7 Å². The van der Waals surface area contributed by atoms with Crippen LogP contribution in [-0.4, -0.2) is 23.8 Å². The van der Waals surface area contributed by atoms with E-state index in [4.69, 9.17) is 5.73 Å². The van der Waals surface area contributed by atoms with Gasteiger partial charge in [-0.25, -0.2) is 4.99 Å². The van der Waals surface area contributed by atoms with Gasteiger partial charge in [0.1, 0.15) is 0 Å². The molecule has 18 heavy (non-hydrogen) atoms. The van der Waals surface area contributed by atoms with Crippen LogP contribution in [0, 0.1) is 0 Å². The lowest BCUT2D eigenvalue weighted by atomic mass is 10.0. The first kappa shape index (κ1) is 12.6. The average molecular weight is 245 g/mol. The number of nitrogens with zero attached hydrogens (tertiary/aromatic N) is 2. The SMILES string of the molecule is CCCCc1cccc([C@H]2N=C(N)N(C)C2=O)c1. The Morgan fingerprint density at radius 1 is 1.44 bits per heavy atom. The molecular formula is C14H19N3O. The molecule has 1 heterocycles. The molecule has 96 valence electrons. The molecule has 0 bridgehead atoms. The van der Waals surface area contributed by atoms with Crippen molar-refractivity contribution in [1.29, 1.82) is 0 Å². The van der Waals surface area contributed by atoms with Gasteiger partial charge in [0.25, 0.3) is 5.91 Å². The number of carbonyl (C=O) groups is 1. The summed E-state index contributed by atoms with van der Waals surface area (Å²) in [6.45, 7) is 2.17. The van der Waals surface area contributed by atoms with Gasteiger partial charge in [0.15, 0.2) is 12.0 Å². The lowest BCUT2D eigenvalue weighted by Gasteiger charge is -2.11. The summed E-state index contributed by atoms with van der Waals surface area (Å²) >= 11 is 0. The zero-order valence-corrected chi connectivity index (χ0v) is 10.9. The van der Waals surface area contributed by atoms with Gasteiger partial charge in [-0.2, -0.15) is 0 Å². The van der Waals surface area contributed by atoms with Crippen molar-refractivity contribution in [2.45, 2.75) is 32.2 Å². The highest BCUT2D eigenvalue weighted by atomic mass is 16.2. The third-order valence-electron chi connectivity index (χ3n) is 3.26. The van der Waals surface area contributed by atoms with Crippen molar-refractivity contribution in [3.05, 3.63) is 35.4 Å². The number of carbonyl (C=O) groups excluding carboxylic acids is 1. The first-order valence-corrected chi connectivity index (χ1v) is 6.33. The van der Waals surface area contributed by atoms with Gasteiger partial charge in [0.05, 0.1) is 0 Å². The van der Waals surface area contributed by atoms with Crippen molar-refractivity contribution in [3.8, 4) is 0 Å². The molecule has 4 heteroatoms. The predicted molar refractivity (Wildman–Crippen MR) is 72.2 cm³/mol. The number of aliphatic imine (C=N–C) groups is 1. The summed E-state index contributed by atoms with van der Waals surface area (Å²) < 4.78 is 0. The maximum absolute atomic E-state index is 12.0. The summed E-state index contributed by atoms with van der Waals surface area (Å²) in [5.41, 5.74) is 7.86. The molecule has 1 atom stereocenters. The summed E-state index contributed by atoms with van der Waals surface area (Å²) in [4.78, 5) is 17.6. The zero-order valence-electron chi connectivity index (χ0n) is 10.9. The minimum Gasteiger partial charge on any atom is -0.369 e. The van der Waals surface area contributed by atoms with Gasteiger partial charge < -0.3 is 5.73 Å². The van der Waals surface area contributed by atoms with E-state index in [1.807, 2.05) is 12.1 Å². The molecule has 1 aliphatic rings. The Hall–Kier alpha value is -1.84. The minimum absolute atomic E-state index is 0.0554. The fourth-order valence-electron chi connectivity index (χ4n) is 2.09.